The summed E-state index contributed by atoms with van der Waals surface area (Å²) in [5, 5.41) is 13.2. The molecule has 2 aromatic carbocycles. The largest absolute Gasteiger partial charge is 0.383 e. The fourth-order valence-corrected chi connectivity index (χ4v) is 4.74. The number of hydrogen-bond donors (Lipinski definition) is 1. The Bertz CT molecular complexity index is 1280. The van der Waals surface area contributed by atoms with Crippen LogP contribution in [0.3, 0.4) is 0 Å². The van der Waals surface area contributed by atoms with Gasteiger partial charge < -0.3 is 10.1 Å². The molecule has 0 unspecified atom stereocenters. The SMILES string of the molecule is COCCNC(=O)[C@@H](c1cccs1)N(C(=O)Cn1nnc2ccccc21)c1ccc(C)cc1C. The quantitative estimate of drug-likeness (QED) is 0.372. The van der Waals surface area contributed by atoms with Gasteiger partial charge in [-0.15, -0.1) is 16.4 Å². The van der Waals surface area contributed by atoms with Gasteiger partial charge in [-0.2, -0.15) is 0 Å². The third kappa shape index (κ3) is 5.00. The van der Waals surface area contributed by atoms with Crippen molar-refractivity contribution in [1.82, 2.24) is 20.3 Å². The van der Waals surface area contributed by atoms with Crippen molar-refractivity contribution in [2.45, 2.75) is 26.4 Å². The zero-order chi connectivity index (χ0) is 24.1. The lowest BCUT2D eigenvalue weighted by atomic mass is 10.1. The highest BCUT2D eigenvalue weighted by atomic mass is 32.1. The minimum atomic E-state index is -0.833. The molecule has 1 atom stereocenters. The molecular weight excluding hydrogens is 450 g/mol. The van der Waals surface area contributed by atoms with Gasteiger partial charge in [0.05, 0.1) is 12.1 Å². The number of fused-ring (bicyclic) bond motifs is 1. The molecule has 0 saturated carbocycles. The maximum atomic E-state index is 13.9. The lowest BCUT2D eigenvalue weighted by Gasteiger charge is -2.32. The average molecular weight is 478 g/mol. The molecule has 0 bridgehead atoms. The summed E-state index contributed by atoms with van der Waals surface area (Å²) >= 11 is 1.44. The molecule has 8 nitrogen and oxygen atoms in total. The number of benzene rings is 2. The summed E-state index contributed by atoms with van der Waals surface area (Å²) in [6.45, 7) is 4.62. The summed E-state index contributed by atoms with van der Waals surface area (Å²) in [5.74, 6) is -0.529. The smallest absolute Gasteiger partial charge is 0.249 e. The number of para-hydroxylation sites is 1. The molecule has 2 heterocycles. The number of aryl methyl sites for hydroxylation is 2. The number of carbonyl (C=O) groups excluding carboxylic acids is 2. The number of aromatic nitrogens is 3. The highest BCUT2D eigenvalue weighted by molar-refractivity contribution is 7.10. The second kappa shape index (κ2) is 10.6. The summed E-state index contributed by atoms with van der Waals surface area (Å²) in [6.07, 6.45) is 0. The van der Waals surface area contributed by atoms with E-state index in [1.54, 1.807) is 16.7 Å². The van der Waals surface area contributed by atoms with E-state index in [1.807, 2.05) is 73.8 Å². The molecule has 0 aliphatic heterocycles. The standard InChI is InChI=1S/C25H27N5O3S/c1-17-10-11-20(18(2)15-17)30(23(31)16-29-21-8-5-4-7-19(21)27-28-29)24(22-9-6-14-34-22)25(32)26-12-13-33-3/h4-11,14-15,24H,12-13,16H2,1-3H3,(H,26,32)/t24-/m1/s1. The third-order valence-electron chi connectivity index (χ3n) is 5.51. The van der Waals surface area contributed by atoms with Crippen molar-refractivity contribution in [2.75, 3.05) is 25.2 Å². The van der Waals surface area contributed by atoms with Crippen LogP contribution in [0, 0.1) is 13.8 Å². The van der Waals surface area contributed by atoms with Gasteiger partial charge in [0.2, 0.25) is 11.8 Å². The molecular formula is C25H27N5O3S. The molecule has 0 aliphatic rings. The Balaban J connectivity index is 1.77. The first kappa shape index (κ1) is 23.6. The van der Waals surface area contributed by atoms with Gasteiger partial charge in [0.1, 0.15) is 18.1 Å². The Hall–Kier alpha value is -3.56. The Morgan fingerprint density at radius 3 is 2.71 bits per heavy atom. The second-order valence-electron chi connectivity index (χ2n) is 7.99. The minimum Gasteiger partial charge on any atom is -0.383 e. The highest BCUT2D eigenvalue weighted by Crippen LogP contribution is 2.33. The molecule has 2 amide bonds. The van der Waals surface area contributed by atoms with E-state index < -0.39 is 6.04 Å². The molecule has 9 heteroatoms. The number of rotatable bonds is 9. The van der Waals surface area contributed by atoms with E-state index in [-0.39, 0.29) is 18.4 Å². The predicted octanol–water partition coefficient (Wildman–Crippen LogP) is 3.65. The molecule has 2 aromatic heterocycles. The van der Waals surface area contributed by atoms with Gasteiger partial charge in [-0.3, -0.25) is 14.5 Å². The van der Waals surface area contributed by atoms with Gasteiger partial charge in [-0.1, -0.05) is 41.1 Å². The van der Waals surface area contributed by atoms with Gasteiger partial charge in [0.25, 0.3) is 0 Å². The highest BCUT2D eigenvalue weighted by Gasteiger charge is 2.34. The van der Waals surface area contributed by atoms with Crippen molar-refractivity contribution in [3.63, 3.8) is 0 Å². The number of thiophene rings is 1. The van der Waals surface area contributed by atoms with Crippen LogP contribution in [0.25, 0.3) is 11.0 Å². The van der Waals surface area contributed by atoms with Crippen LogP contribution in [0.5, 0.6) is 0 Å². The number of amides is 2. The number of nitrogens with one attached hydrogen (secondary N) is 1. The van der Waals surface area contributed by atoms with Gasteiger partial charge in [0, 0.05) is 24.2 Å². The van der Waals surface area contributed by atoms with Crippen LogP contribution < -0.4 is 10.2 Å². The lowest BCUT2D eigenvalue weighted by molar-refractivity contribution is -0.127. The first-order valence-corrected chi connectivity index (χ1v) is 11.8. The number of carbonyl (C=O) groups is 2. The zero-order valence-corrected chi connectivity index (χ0v) is 20.2. The van der Waals surface area contributed by atoms with Crippen LogP contribution in [0.1, 0.15) is 22.0 Å². The maximum absolute atomic E-state index is 13.9. The van der Waals surface area contributed by atoms with Gasteiger partial charge in [0.15, 0.2) is 0 Å². The van der Waals surface area contributed by atoms with E-state index >= 15 is 0 Å². The van der Waals surface area contributed by atoms with E-state index in [0.29, 0.717) is 24.4 Å². The van der Waals surface area contributed by atoms with Crippen molar-refractivity contribution < 1.29 is 14.3 Å². The zero-order valence-electron chi connectivity index (χ0n) is 19.4. The molecule has 176 valence electrons. The first-order valence-electron chi connectivity index (χ1n) is 11.0. The topological polar surface area (TPSA) is 89.4 Å². The molecule has 0 saturated heterocycles. The van der Waals surface area contributed by atoms with Crippen molar-refractivity contribution in [1.29, 1.82) is 0 Å². The van der Waals surface area contributed by atoms with E-state index in [9.17, 15) is 9.59 Å². The summed E-state index contributed by atoms with van der Waals surface area (Å²) in [4.78, 5) is 29.7. The molecule has 0 radical (unpaired) electrons. The second-order valence-corrected chi connectivity index (χ2v) is 8.97. The van der Waals surface area contributed by atoms with Crippen LogP contribution >= 0.6 is 11.3 Å². The van der Waals surface area contributed by atoms with Crippen molar-refractivity contribution in [3.05, 3.63) is 76.0 Å². The number of anilines is 1. The normalized spacial score (nSPS) is 12.0. The Morgan fingerprint density at radius 1 is 1.15 bits per heavy atom. The Labute approximate surface area is 202 Å². The van der Waals surface area contributed by atoms with Crippen molar-refractivity contribution in [3.8, 4) is 0 Å². The molecule has 0 fully saturated rings. The number of ether oxygens (including phenoxy) is 1. The number of nitrogens with zero attached hydrogens (tertiary/aromatic N) is 4. The summed E-state index contributed by atoms with van der Waals surface area (Å²) in [5.41, 5.74) is 4.13. The van der Waals surface area contributed by atoms with Crippen LogP contribution in [0.4, 0.5) is 5.69 Å². The Morgan fingerprint density at radius 2 is 1.97 bits per heavy atom. The molecule has 1 N–H and O–H groups in total. The lowest BCUT2D eigenvalue weighted by Crippen LogP contribution is -2.46. The fraction of sp³-hybridized carbons (Fsp3) is 0.280. The number of hydrogen-bond acceptors (Lipinski definition) is 6. The predicted molar refractivity (Wildman–Crippen MR) is 133 cm³/mol. The van der Waals surface area contributed by atoms with Crippen LogP contribution in [0.2, 0.25) is 0 Å². The van der Waals surface area contributed by atoms with Gasteiger partial charge in [-0.05, 0) is 49.1 Å². The van der Waals surface area contributed by atoms with E-state index in [1.165, 1.54) is 11.3 Å². The monoisotopic (exact) mass is 477 g/mol. The molecule has 0 spiro atoms. The first-order chi connectivity index (χ1) is 16.5. The molecule has 4 aromatic rings. The van der Waals surface area contributed by atoms with Crippen LogP contribution in [-0.4, -0.2) is 47.1 Å². The maximum Gasteiger partial charge on any atom is 0.249 e. The van der Waals surface area contributed by atoms with Gasteiger partial charge in [-0.25, -0.2) is 4.68 Å². The molecule has 34 heavy (non-hydrogen) atoms. The van der Waals surface area contributed by atoms with Crippen molar-refractivity contribution in [2.24, 2.45) is 0 Å². The van der Waals surface area contributed by atoms with E-state index in [0.717, 1.165) is 21.5 Å². The third-order valence-corrected chi connectivity index (χ3v) is 6.44. The summed E-state index contributed by atoms with van der Waals surface area (Å²) < 4.78 is 6.66. The minimum absolute atomic E-state index is 0.0545. The fourth-order valence-electron chi connectivity index (χ4n) is 3.93. The molecule has 4 rings (SSSR count). The summed E-state index contributed by atoms with van der Waals surface area (Å²) in [7, 11) is 1.58. The summed E-state index contributed by atoms with van der Waals surface area (Å²) in [6, 6.07) is 16.3. The Kier molecular flexibility index (Phi) is 7.34. The average Bonchev–Trinajstić information content (AvgIpc) is 3.49. The van der Waals surface area contributed by atoms with Gasteiger partial charge >= 0.3 is 0 Å². The van der Waals surface area contributed by atoms with E-state index in [4.69, 9.17) is 4.74 Å². The van der Waals surface area contributed by atoms with Crippen LogP contribution in [-0.2, 0) is 20.9 Å². The van der Waals surface area contributed by atoms with E-state index in [2.05, 4.69) is 15.6 Å². The van der Waals surface area contributed by atoms with Crippen LogP contribution in [0.15, 0.2) is 60.0 Å². The number of methoxy groups -OCH3 is 1. The van der Waals surface area contributed by atoms with Crippen molar-refractivity contribution >= 4 is 39.9 Å². The molecule has 0 aliphatic carbocycles.